The topological polar surface area (TPSA) is 63.3 Å². The van der Waals surface area contributed by atoms with Crippen molar-refractivity contribution in [1.82, 2.24) is 5.16 Å². The van der Waals surface area contributed by atoms with E-state index in [0.717, 1.165) is 29.5 Å². The highest BCUT2D eigenvalue weighted by molar-refractivity contribution is 5.95. The second-order valence-corrected chi connectivity index (χ2v) is 6.29. The summed E-state index contributed by atoms with van der Waals surface area (Å²) in [6, 6.07) is 16.7. The van der Waals surface area contributed by atoms with Crippen molar-refractivity contribution in [3.63, 3.8) is 0 Å². The minimum absolute atomic E-state index is 0.119. The number of hydrogen-bond donors (Lipinski definition) is 1. The fraction of sp³-hybridized carbons (Fsp3) is 0.200. The van der Waals surface area contributed by atoms with Gasteiger partial charge in [-0.1, -0.05) is 35.5 Å². The fourth-order valence-corrected chi connectivity index (χ4v) is 3.17. The minimum atomic E-state index is -0.534. The van der Waals surface area contributed by atoms with Gasteiger partial charge < -0.3 is 9.63 Å². The molecule has 1 aliphatic carbocycles. The number of Topliss-reactive ketones (excluding diaryl/α,β-unsaturated/α-hetero) is 1. The summed E-state index contributed by atoms with van der Waals surface area (Å²) in [5.74, 6) is 0.975. The first kappa shape index (κ1) is 14.7. The Labute approximate surface area is 139 Å². The van der Waals surface area contributed by atoms with E-state index in [1.807, 2.05) is 30.3 Å². The summed E-state index contributed by atoms with van der Waals surface area (Å²) in [7, 11) is 0. The number of benzene rings is 2. The van der Waals surface area contributed by atoms with Gasteiger partial charge in [-0.3, -0.25) is 4.79 Å². The lowest BCUT2D eigenvalue weighted by Gasteiger charge is -2.11. The molecule has 4 heteroatoms. The Kier molecular flexibility index (Phi) is 3.27. The third-order valence-corrected chi connectivity index (χ3v) is 4.75. The van der Waals surface area contributed by atoms with Crippen LogP contribution in [0.4, 0.5) is 0 Å². The van der Waals surface area contributed by atoms with Gasteiger partial charge in [-0.2, -0.15) is 0 Å². The Morgan fingerprint density at radius 2 is 1.71 bits per heavy atom. The van der Waals surface area contributed by atoms with Gasteiger partial charge in [-0.15, -0.1) is 0 Å². The van der Waals surface area contributed by atoms with Crippen LogP contribution in [0.3, 0.4) is 0 Å². The molecule has 4 nitrogen and oxygen atoms in total. The third kappa shape index (κ3) is 2.22. The molecule has 1 fully saturated rings. The Bertz CT molecular complexity index is 890. The van der Waals surface area contributed by atoms with Crippen molar-refractivity contribution in [1.29, 1.82) is 0 Å². The molecule has 24 heavy (non-hydrogen) atoms. The second-order valence-electron chi connectivity index (χ2n) is 6.29. The Hall–Kier alpha value is -2.88. The third-order valence-electron chi connectivity index (χ3n) is 4.75. The molecule has 0 atom stereocenters. The number of nitrogens with zero attached hydrogens (tertiary/aromatic N) is 1. The number of carbonyl (C=O) groups excluding carboxylic acids is 1. The SMILES string of the molecule is CC(=O)C1(c2onc(-c3ccc(O)cc3)c2-c2ccccc2)CC1. The number of rotatable bonds is 4. The highest BCUT2D eigenvalue weighted by Crippen LogP contribution is 2.53. The Morgan fingerprint density at radius 3 is 2.29 bits per heavy atom. The molecular weight excluding hydrogens is 302 g/mol. The van der Waals surface area contributed by atoms with Crippen molar-refractivity contribution >= 4 is 5.78 Å². The molecule has 0 unspecified atom stereocenters. The van der Waals surface area contributed by atoms with Crippen LogP contribution >= 0.6 is 0 Å². The average molecular weight is 319 g/mol. The van der Waals surface area contributed by atoms with Crippen LogP contribution in [-0.2, 0) is 10.2 Å². The summed E-state index contributed by atoms with van der Waals surface area (Å²) in [4.78, 5) is 12.2. The standard InChI is InChI=1S/C20H17NO3/c1-13(22)20(11-12-20)19-17(14-5-3-2-4-6-14)18(21-24-19)15-7-9-16(23)10-8-15/h2-10,23H,11-12H2,1H3. The van der Waals surface area contributed by atoms with Crippen molar-refractivity contribution in [2.24, 2.45) is 0 Å². The van der Waals surface area contributed by atoms with E-state index in [0.29, 0.717) is 11.5 Å². The van der Waals surface area contributed by atoms with Crippen molar-refractivity contribution < 1.29 is 14.4 Å². The van der Waals surface area contributed by atoms with Crippen molar-refractivity contribution in [3.05, 3.63) is 60.4 Å². The summed E-state index contributed by atoms with van der Waals surface area (Å²) in [6.45, 7) is 1.62. The summed E-state index contributed by atoms with van der Waals surface area (Å²) in [5.41, 5.74) is 2.86. The van der Waals surface area contributed by atoms with Gasteiger partial charge in [0.25, 0.3) is 0 Å². The number of phenolic OH excluding ortho intramolecular Hbond substituents is 1. The molecule has 4 rings (SSSR count). The van der Waals surface area contributed by atoms with E-state index >= 15 is 0 Å². The molecule has 0 bridgehead atoms. The van der Waals surface area contributed by atoms with Crippen LogP contribution in [0.5, 0.6) is 5.75 Å². The van der Waals surface area contributed by atoms with Gasteiger partial charge in [0.2, 0.25) is 0 Å². The van der Waals surface area contributed by atoms with Gasteiger partial charge in [0.15, 0.2) is 5.76 Å². The molecule has 0 amide bonds. The zero-order valence-electron chi connectivity index (χ0n) is 13.3. The number of aromatic nitrogens is 1. The van der Waals surface area contributed by atoms with E-state index in [1.54, 1.807) is 31.2 Å². The number of phenols is 1. The average Bonchev–Trinajstić information content (AvgIpc) is 3.30. The zero-order chi connectivity index (χ0) is 16.7. The van der Waals surface area contributed by atoms with E-state index < -0.39 is 5.41 Å². The van der Waals surface area contributed by atoms with E-state index in [4.69, 9.17) is 4.52 Å². The summed E-state index contributed by atoms with van der Waals surface area (Å²) in [5, 5.41) is 13.8. The molecule has 1 N–H and O–H groups in total. The van der Waals surface area contributed by atoms with Gasteiger partial charge >= 0.3 is 0 Å². The molecule has 0 spiro atoms. The largest absolute Gasteiger partial charge is 0.508 e. The molecule has 1 saturated carbocycles. The van der Waals surface area contributed by atoms with Crippen LogP contribution in [0.2, 0.25) is 0 Å². The summed E-state index contributed by atoms with van der Waals surface area (Å²) in [6.07, 6.45) is 1.60. The predicted octanol–water partition coefficient (Wildman–Crippen LogP) is 4.33. The van der Waals surface area contributed by atoms with E-state index in [-0.39, 0.29) is 11.5 Å². The monoisotopic (exact) mass is 319 g/mol. The summed E-state index contributed by atoms with van der Waals surface area (Å²) < 4.78 is 5.69. The van der Waals surface area contributed by atoms with Gasteiger partial charge in [0.05, 0.1) is 11.0 Å². The second kappa shape index (κ2) is 5.34. The molecule has 1 aliphatic rings. The van der Waals surface area contributed by atoms with Crippen LogP contribution in [-0.4, -0.2) is 16.0 Å². The molecule has 2 aromatic carbocycles. The van der Waals surface area contributed by atoms with Crippen molar-refractivity contribution in [3.8, 4) is 28.1 Å². The molecule has 3 aromatic rings. The molecule has 0 radical (unpaired) electrons. The number of ketones is 1. The molecule has 0 aliphatic heterocycles. The highest BCUT2D eigenvalue weighted by atomic mass is 16.5. The maximum absolute atomic E-state index is 12.2. The maximum atomic E-state index is 12.2. The van der Waals surface area contributed by atoms with Crippen LogP contribution in [0, 0.1) is 0 Å². The molecule has 1 heterocycles. The summed E-state index contributed by atoms with van der Waals surface area (Å²) >= 11 is 0. The molecular formula is C20H17NO3. The van der Waals surface area contributed by atoms with Crippen molar-refractivity contribution in [2.75, 3.05) is 0 Å². The van der Waals surface area contributed by atoms with Crippen molar-refractivity contribution in [2.45, 2.75) is 25.2 Å². The fourth-order valence-electron chi connectivity index (χ4n) is 3.17. The van der Waals surface area contributed by atoms with Crippen LogP contribution in [0.15, 0.2) is 59.1 Å². The Balaban J connectivity index is 1.94. The van der Waals surface area contributed by atoms with Crippen LogP contribution in [0.1, 0.15) is 25.5 Å². The first-order valence-electron chi connectivity index (χ1n) is 7.98. The predicted molar refractivity (Wildman–Crippen MR) is 90.6 cm³/mol. The number of aromatic hydroxyl groups is 1. The lowest BCUT2D eigenvalue weighted by atomic mass is 9.90. The van der Waals surface area contributed by atoms with Gasteiger partial charge in [-0.05, 0) is 49.6 Å². The number of hydrogen-bond acceptors (Lipinski definition) is 4. The first-order valence-corrected chi connectivity index (χ1v) is 7.98. The van der Waals surface area contributed by atoms with E-state index in [2.05, 4.69) is 5.16 Å². The maximum Gasteiger partial charge on any atom is 0.158 e. The normalized spacial score (nSPS) is 15.2. The first-order chi connectivity index (χ1) is 11.6. The van der Waals surface area contributed by atoms with Crippen LogP contribution < -0.4 is 0 Å². The lowest BCUT2D eigenvalue weighted by Crippen LogP contribution is -2.17. The minimum Gasteiger partial charge on any atom is -0.508 e. The quantitative estimate of drug-likeness (QED) is 0.777. The lowest BCUT2D eigenvalue weighted by molar-refractivity contribution is -0.119. The van der Waals surface area contributed by atoms with E-state index in [1.165, 1.54) is 0 Å². The molecule has 1 aromatic heterocycles. The Morgan fingerprint density at radius 1 is 1.04 bits per heavy atom. The molecule has 0 saturated heterocycles. The highest BCUT2D eigenvalue weighted by Gasteiger charge is 2.54. The zero-order valence-corrected chi connectivity index (χ0v) is 13.3. The van der Waals surface area contributed by atoms with Gasteiger partial charge in [-0.25, -0.2) is 0 Å². The van der Waals surface area contributed by atoms with Crippen LogP contribution in [0.25, 0.3) is 22.4 Å². The van der Waals surface area contributed by atoms with Gasteiger partial charge in [0.1, 0.15) is 17.2 Å². The van der Waals surface area contributed by atoms with Gasteiger partial charge in [0, 0.05) is 5.56 Å². The van der Waals surface area contributed by atoms with E-state index in [9.17, 15) is 9.90 Å². The smallest absolute Gasteiger partial charge is 0.158 e. The number of carbonyl (C=O) groups is 1. The molecule has 120 valence electrons.